The van der Waals surface area contributed by atoms with Crippen molar-refractivity contribution < 1.29 is 4.79 Å². The maximum Gasteiger partial charge on any atom is 0.254 e. The largest absolute Gasteiger partial charge is 0.329 e. The Morgan fingerprint density at radius 2 is 2.00 bits per heavy atom. The molecule has 0 unspecified atom stereocenters. The van der Waals surface area contributed by atoms with Crippen LogP contribution in [0.3, 0.4) is 0 Å². The van der Waals surface area contributed by atoms with Gasteiger partial charge in [0.25, 0.3) is 5.91 Å². The number of benzene rings is 1. The summed E-state index contributed by atoms with van der Waals surface area (Å²) in [7, 11) is 0. The Morgan fingerprint density at radius 1 is 1.33 bits per heavy atom. The van der Waals surface area contributed by atoms with Crippen molar-refractivity contribution >= 4 is 28.5 Å². The zero-order chi connectivity index (χ0) is 11.2. The number of rotatable bonds is 0. The van der Waals surface area contributed by atoms with Crippen molar-refractivity contribution in [1.29, 1.82) is 0 Å². The molecule has 0 aliphatic carbocycles. The average Bonchev–Trinajstić information content (AvgIpc) is 2.42. The molecule has 0 spiro atoms. The number of carbonyl (C=O) groups excluding carboxylic acids is 1. The van der Waals surface area contributed by atoms with E-state index in [-0.39, 0.29) is 11.4 Å². The summed E-state index contributed by atoms with van der Waals surface area (Å²) in [6.07, 6.45) is 0. The normalized spacial score (nSPS) is 15.7. The van der Waals surface area contributed by atoms with E-state index in [0.29, 0.717) is 0 Å². The molecule has 0 bridgehead atoms. The van der Waals surface area contributed by atoms with E-state index in [1.54, 1.807) is 0 Å². The lowest BCUT2D eigenvalue weighted by molar-refractivity contribution is 0.0609. The number of fused-ring (bicyclic) bond motifs is 1. The van der Waals surface area contributed by atoms with E-state index in [1.807, 2.05) is 17.0 Å². The quantitative estimate of drug-likeness (QED) is 0.674. The molecule has 1 aromatic rings. The van der Waals surface area contributed by atoms with Gasteiger partial charge >= 0.3 is 0 Å². The fourth-order valence-corrected chi connectivity index (χ4v) is 2.39. The topological polar surface area (TPSA) is 20.3 Å². The summed E-state index contributed by atoms with van der Waals surface area (Å²) in [5.74, 6) is 0.161. The Bertz CT molecular complexity index is 420. The second-order valence-electron chi connectivity index (χ2n) is 4.86. The molecule has 1 aliphatic heterocycles. The van der Waals surface area contributed by atoms with Gasteiger partial charge < -0.3 is 4.90 Å². The summed E-state index contributed by atoms with van der Waals surface area (Å²) in [6.45, 7) is 6.96. The molecule has 0 aromatic heterocycles. The summed E-state index contributed by atoms with van der Waals surface area (Å²) in [5, 5.41) is 0. The smallest absolute Gasteiger partial charge is 0.254 e. The van der Waals surface area contributed by atoms with E-state index in [4.69, 9.17) is 0 Å². The standard InChI is InChI=1S/C12H14INO/c1-12(2,3)14-7-8-6-9(13)4-5-10(8)11(14)15/h4-6H,7H2,1-3H3. The van der Waals surface area contributed by atoms with Gasteiger partial charge in [-0.3, -0.25) is 4.79 Å². The summed E-state index contributed by atoms with van der Waals surface area (Å²) in [6, 6.07) is 6.02. The highest BCUT2D eigenvalue weighted by Crippen LogP contribution is 2.29. The van der Waals surface area contributed by atoms with Gasteiger partial charge in [-0.05, 0) is 67.1 Å². The first kappa shape index (κ1) is 10.9. The molecule has 1 amide bonds. The number of nitrogens with zero attached hydrogens (tertiary/aromatic N) is 1. The van der Waals surface area contributed by atoms with Gasteiger partial charge in [-0.1, -0.05) is 0 Å². The lowest BCUT2D eigenvalue weighted by Crippen LogP contribution is -2.41. The number of halogens is 1. The van der Waals surface area contributed by atoms with Gasteiger partial charge in [-0.15, -0.1) is 0 Å². The Labute approximate surface area is 104 Å². The fourth-order valence-electron chi connectivity index (χ4n) is 1.83. The number of amides is 1. The van der Waals surface area contributed by atoms with Gasteiger partial charge in [-0.25, -0.2) is 0 Å². The third-order valence-electron chi connectivity index (χ3n) is 2.68. The predicted octanol–water partition coefficient (Wildman–Crippen LogP) is 3.05. The molecule has 1 heterocycles. The molecular formula is C12H14INO. The van der Waals surface area contributed by atoms with Crippen LogP contribution in [0.15, 0.2) is 18.2 Å². The van der Waals surface area contributed by atoms with Crippen molar-refractivity contribution in [2.24, 2.45) is 0 Å². The Kier molecular flexibility index (Phi) is 2.53. The van der Waals surface area contributed by atoms with Crippen LogP contribution in [-0.4, -0.2) is 16.3 Å². The molecule has 0 atom stereocenters. The van der Waals surface area contributed by atoms with Crippen molar-refractivity contribution in [2.75, 3.05) is 0 Å². The van der Waals surface area contributed by atoms with Crippen molar-refractivity contribution in [1.82, 2.24) is 4.90 Å². The van der Waals surface area contributed by atoms with E-state index in [1.165, 1.54) is 3.57 Å². The molecule has 0 fully saturated rings. The number of hydrogen-bond donors (Lipinski definition) is 0. The number of hydrogen-bond acceptors (Lipinski definition) is 1. The third kappa shape index (κ3) is 1.89. The minimum Gasteiger partial charge on any atom is -0.329 e. The number of carbonyl (C=O) groups is 1. The predicted molar refractivity (Wildman–Crippen MR) is 68.8 cm³/mol. The minimum atomic E-state index is -0.0957. The van der Waals surface area contributed by atoms with Gasteiger partial charge in [0.05, 0.1) is 0 Å². The van der Waals surface area contributed by atoms with E-state index in [9.17, 15) is 4.79 Å². The minimum absolute atomic E-state index is 0.0957. The van der Waals surface area contributed by atoms with Crippen LogP contribution in [0.25, 0.3) is 0 Å². The highest BCUT2D eigenvalue weighted by atomic mass is 127. The van der Waals surface area contributed by atoms with Gasteiger partial charge in [0.2, 0.25) is 0 Å². The van der Waals surface area contributed by atoms with Gasteiger partial charge in [0, 0.05) is 21.2 Å². The molecule has 80 valence electrons. The van der Waals surface area contributed by atoms with Crippen molar-refractivity contribution in [3.63, 3.8) is 0 Å². The maximum absolute atomic E-state index is 12.1. The first-order valence-electron chi connectivity index (χ1n) is 5.00. The van der Waals surface area contributed by atoms with Crippen molar-refractivity contribution in [3.05, 3.63) is 32.9 Å². The third-order valence-corrected chi connectivity index (χ3v) is 3.35. The Hall–Kier alpha value is -0.580. The Morgan fingerprint density at radius 3 is 2.60 bits per heavy atom. The van der Waals surface area contributed by atoms with Crippen LogP contribution >= 0.6 is 22.6 Å². The molecule has 0 N–H and O–H groups in total. The van der Waals surface area contributed by atoms with Crippen LogP contribution in [0.4, 0.5) is 0 Å². The van der Waals surface area contributed by atoms with Crippen LogP contribution in [0.5, 0.6) is 0 Å². The highest BCUT2D eigenvalue weighted by Gasteiger charge is 2.34. The molecule has 1 aliphatic rings. The van der Waals surface area contributed by atoms with Gasteiger partial charge in [-0.2, -0.15) is 0 Å². The van der Waals surface area contributed by atoms with E-state index < -0.39 is 0 Å². The van der Waals surface area contributed by atoms with Gasteiger partial charge in [0.15, 0.2) is 0 Å². The lowest BCUT2D eigenvalue weighted by Gasteiger charge is -2.31. The molecule has 3 heteroatoms. The SMILES string of the molecule is CC(C)(C)N1Cc2cc(I)ccc2C1=O. The molecule has 2 nitrogen and oxygen atoms in total. The maximum atomic E-state index is 12.1. The van der Waals surface area contributed by atoms with E-state index in [2.05, 4.69) is 49.4 Å². The molecule has 2 rings (SSSR count). The first-order chi connectivity index (χ1) is 6.89. The Balaban J connectivity index is 2.42. The second-order valence-corrected chi connectivity index (χ2v) is 6.11. The van der Waals surface area contributed by atoms with Crippen molar-refractivity contribution in [2.45, 2.75) is 32.9 Å². The van der Waals surface area contributed by atoms with E-state index >= 15 is 0 Å². The second kappa shape index (κ2) is 3.47. The summed E-state index contributed by atoms with van der Waals surface area (Å²) >= 11 is 2.28. The van der Waals surface area contributed by atoms with Crippen LogP contribution in [-0.2, 0) is 6.54 Å². The lowest BCUT2D eigenvalue weighted by atomic mass is 10.1. The molecule has 15 heavy (non-hydrogen) atoms. The summed E-state index contributed by atoms with van der Waals surface area (Å²) in [4.78, 5) is 14.0. The summed E-state index contributed by atoms with van der Waals surface area (Å²) in [5.41, 5.74) is 1.92. The first-order valence-corrected chi connectivity index (χ1v) is 6.08. The van der Waals surface area contributed by atoms with Crippen LogP contribution in [0.2, 0.25) is 0 Å². The summed E-state index contributed by atoms with van der Waals surface area (Å²) < 4.78 is 1.19. The zero-order valence-electron chi connectivity index (χ0n) is 9.17. The molecule has 0 saturated carbocycles. The van der Waals surface area contributed by atoms with Crippen LogP contribution in [0, 0.1) is 3.57 Å². The highest BCUT2D eigenvalue weighted by molar-refractivity contribution is 14.1. The monoisotopic (exact) mass is 315 g/mol. The van der Waals surface area contributed by atoms with Gasteiger partial charge in [0.1, 0.15) is 0 Å². The average molecular weight is 315 g/mol. The molecular weight excluding hydrogens is 301 g/mol. The van der Waals surface area contributed by atoms with E-state index in [0.717, 1.165) is 17.7 Å². The molecule has 1 aromatic carbocycles. The van der Waals surface area contributed by atoms with Crippen LogP contribution < -0.4 is 0 Å². The molecule has 0 saturated heterocycles. The molecule has 0 radical (unpaired) electrons. The van der Waals surface area contributed by atoms with Crippen LogP contribution in [0.1, 0.15) is 36.7 Å². The zero-order valence-corrected chi connectivity index (χ0v) is 11.3. The van der Waals surface area contributed by atoms with Crippen molar-refractivity contribution in [3.8, 4) is 0 Å². The fraction of sp³-hybridized carbons (Fsp3) is 0.417.